The topological polar surface area (TPSA) is 53.1 Å². The zero-order valence-corrected chi connectivity index (χ0v) is 10.9. The van der Waals surface area contributed by atoms with Crippen molar-refractivity contribution >= 4 is 0 Å². The van der Waals surface area contributed by atoms with E-state index in [9.17, 15) is 0 Å². The van der Waals surface area contributed by atoms with Gasteiger partial charge in [0.15, 0.2) is 0 Å². The maximum absolute atomic E-state index is 5.50. The average Bonchev–Trinajstić information content (AvgIpc) is 2.85. The van der Waals surface area contributed by atoms with Gasteiger partial charge in [-0.15, -0.1) is 0 Å². The average molecular weight is 245 g/mol. The lowest BCUT2D eigenvalue weighted by atomic mass is 10.1. The van der Waals surface area contributed by atoms with Gasteiger partial charge in [0.25, 0.3) is 0 Å². The van der Waals surface area contributed by atoms with E-state index in [1.807, 2.05) is 29.2 Å². The summed E-state index contributed by atoms with van der Waals surface area (Å²) in [7, 11) is 1.69. The van der Waals surface area contributed by atoms with Gasteiger partial charge in [-0.1, -0.05) is 11.6 Å². The molecule has 0 bridgehead atoms. The van der Waals surface area contributed by atoms with Crippen molar-refractivity contribution in [3.63, 3.8) is 0 Å². The van der Waals surface area contributed by atoms with Gasteiger partial charge in [0.2, 0.25) is 0 Å². The van der Waals surface area contributed by atoms with Crippen LogP contribution in [0.25, 0.3) is 11.1 Å². The predicted molar refractivity (Wildman–Crippen MR) is 72.6 cm³/mol. The first-order valence-corrected chi connectivity index (χ1v) is 6.12. The molecule has 2 N–H and O–H groups in total. The summed E-state index contributed by atoms with van der Waals surface area (Å²) in [4.78, 5) is 0. The summed E-state index contributed by atoms with van der Waals surface area (Å²) in [5, 5.41) is 4.34. The summed E-state index contributed by atoms with van der Waals surface area (Å²) in [6.45, 7) is 3.61. The van der Waals surface area contributed by atoms with E-state index in [1.165, 1.54) is 5.56 Å². The molecular formula is C14H19N3O. The number of hydrogen-bond donors (Lipinski definition) is 1. The summed E-state index contributed by atoms with van der Waals surface area (Å²) in [5.74, 6) is 0.874. The lowest BCUT2D eigenvalue weighted by molar-refractivity contribution is 0.416. The van der Waals surface area contributed by atoms with Crippen LogP contribution in [0, 0.1) is 6.92 Å². The number of rotatable bonds is 5. The third-order valence-corrected chi connectivity index (χ3v) is 2.89. The lowest BCUT2D eigenvalue weighted by Crippen LogP contribution is -2.05. The number of methoxy groups -OCH3 is 1. The van der Waals surface area contributed by atoms with Crippen molar-refractivity contribution in [1.29, 1.82) is 0 Å². The van der Waals surface area contributed by atoms with E-state index in [1.54, 1.807) is 7.11 Å². The number of aryl methyl sites for hydroxylation is 2. The highest BCUT2D eigenvalue weighted by atomic mass is 16.5. The van der Waals surface area contributed by atoms with Gasteiger partial charge >= 0.3 is 0 Å². The van der Waals surface area contributed by atoms with Crippen LogP contribution >= 0.6 is 0 Å². The number of benzene rings is 1. The minimum Gasteiger partial charge on any atom is -0.496 e. The molecule has 0 aliphatic heterocycles. The number of hydrogen-bond acceptors (Lipinski definition) is 3. The molecule has 0 aliphatic rings. The van der Waals surface area contributed by atoms with E-state index >= 15 is 0 Å². The van der Waals surface area contributed by atoms with Crippen LogP contribution in [0.15, 0.2) is 30.6 Å². The lowest BCUT2D eigenvalue weighted by Gasteiger charge is -2.07. The van der Waals surface area contributed by atoms with Gasteiger partial charge in [-0.25, -0.2) is 0 Å². The van der Waals surface area contributed by atoms with Crippen LogP contribution in [-0.2, 0) is 6.54 Å². The maximum atomic E-state index is 5.50. The minimum atomic E-state index is 0.683. The van der Waals surface area contributed by atoms with Crippen LogP contribution in [0.2, 0.25) is 0 Å². The van der Waals surface area contributed by atoms with Gasteiger partial charge in [-0.2, -0.15) is 5.10 Å². The fourth-order valence-corrected chi connectivity index (χ4v) is 1.93. The van der Waals surface area contributed by atoms with Crippen molar-refractivity contribution in [2.24, 2.45) is 5.73 Å². The Morgan fingerprint density at radius 3 is 2.94 bits per heavy atom. The van der Waals surface area contributed by atoms with E-state index in [0.29, 0.717) is 6.54 Å². The normalized spacial score (nSPS) is 10.6. The van der Waals surface area contributed by atoms with E-state index in [2.05, 4.69) is 18.1 Å². The molecule has 4 heteroatoms. The first-order valence-electron chi connectivity index (χ1n) is 6.12. The molecule has 2 aromatic rings. The highest BCUT2D eigenvalue weighted by Crippen LogP contribution is 2.30. The predicted octanol–water partition coefficient (Wildman–Crippen LogP) is 2.22. The molecule has 0 atom stereocenters. The Morgan fingerprint density at radius 1 is 1.39 bits per heavy atom. The highest BCUT2D eigenvalue weighted by Gasteiger charge is 2.08. The second-order valence-corrected chi connectivity index (χ2v) is 4.34. The summed E-state index contributed by atoms with van der Waals surface area (Å²) >= 11 is 0. The molecule has 1 aromatic heterocycles. The molecule has 18 heavy (non-hydrogen) atoms. The van der Waals surface area contributed by atoms with Crippen molar-refractivity contribution in [3.05, 3.63) is 36.2 Å². The fraction of sp³-hybridized carbons (Fsp3) is 0.357. The smallest absolute Gasteiger partial charge is 0.126 e. The van der Waals surface area contributed by atoms with Crippen LogP contribution in [0.5, 0.6) is 5.75 Å². The van der Waals surface area contributed by atoms with E-state index in [-0.39, 0.29) is 0 Å². The van der Waals surface area contributed by atoms with Gasteiger partial charge < -0.3 is 10.5 Å². The van der Waals surface area contributed by atoms with Crippen LogP contribution in [0.4, 0.5) is 0 Å². The minimum absolute atomic E-state index is 0.683. The number of nitrogens with zero attached hydrogens (tertiary/aromatic N) is 2. The summed E-state index contributed by atoms with van der Waals surface area (Å²) in [6, 6.07) is 6.15. The van der Waals surface area contributed by atoms with Crippen LogP contribution in [0.1, 0.15) is 12.0 Å². The standard InChI is InChI=1S/C14H19N3O/c1-11-4-5-14(18-2)13(8-11)12-9-16-17(10-12)7-3-6-15/h4-5,8-10H,3,6-7,15H2,1-2H3. The largest absolute Gasteiger partial charge is 0.496 e. The maximum Gasteiger partial charge on any atom is 0.126 e. The quantitative estimate of drug-likeness (QED) is 0.878. The molecule has 0 amide bonds. The van der Waals surface area contributed by atoms with Crippen molar-refractivity contribution < 1.29 is 4.74 Å². The van der Waals surface area contributed by atoms with Gasteiger partial charge in [0.1, 0.15) is 5.75 Å². The Bertz CT molecular complexity index is 520. The zero-order valence-electron chi connectivity index (χ0n) is 10.9. The Kier molecular flexibility index (Phi) is 3.99. The zero-order chi connectivity index (χ0) is 13.0. The number of nitrogens with two attached hydrogens (primary N) is 1. The molecule has 4 nitrogen and oxygen atoms in total. The molecule has 0 aliphatic carbocycles. The molecular weight excluding hydrogens is 226 g/mol. The van der Waals surface area contributed by atoms with E-state index in [4.69, 9.17) is 10.5 Å². The molecule has 2 rings (SSSR count). The molecule has 1 heterocycles. The second-order valence-electron chi connectivity index (χ2n) is 4.34. The number of aromatic nitrogens is 2. The van der Waals surface area contributed by atoms with Crippen LogP contribution in [-0.4, -0.2) is 23.4 Å². The molecule has 0 radical (unpaired) electrons. The molecule has 0 unspecified atom stereocenters. The highest BCUT2D eigenvalue weighted by molar-refractivity contribution is 5.70. The summed E-state index contributed by atoms with van der Waals surface area (Å²) in [5.41, 5.74) is 8.86. The molecule has 1 aromatic carbocycles. The molecule has 0 saturated heterocycles. The molecule has 0 spiro atoms. The Hall–Kier alpha value is -1.81. The van der Waals surface area contributed by atoms with Gasteiger partial charge in [0, 0.05) is 23.9 Å². The van der Waals surface area contributed by atoms with Crippen molar-refractivity contribution in [2.45, 2.75) is 19.9 Å². The molecule has 96 valence electrons. The van der Waals surface area contributed by atoms with Gasteiger partial charge in [-0.3, -0.25) is 4.68 Å². The monoisotopic (exact) mass is 245 g/mol. The Morgan fingerprint density at radius 2 is 2.22 bits per heavy atom. The van der Waals surface area contributed by atoms with E-state index < -0.39 is 0 Å². The third kappa shape index (κ3) is 2.71. The second kappa shape index (κ2) is 5.69. The SMILES string of the molecule is COc1ccc(C)cc1-c1cnn(CCCN)c1. The third-order valence-electron chi connectivity index (χ3n) is 2.89. The fourth-order valence-electron chi connectivity index (χ4n) is 1.93. The van der Waals surface area contributed by atoms with Crippen molar-refractivity contribution in [2.75, 3.05) is 13.7 Å². The number of ether oxygens (including phenoxy) is 1. The van der Waals surface area contributed by atoms with E-state index in [0.717, 1.165) is 29.8 Å². The first-order chi connectivity index (χ1) is 8.74. The van der Waals surface area contributed by atoms with Gasteiger partial charge in [-0.05, 0) is 32.0 Å². The first kappa shape index (κ1) is 12.6. The van der Waals surface area contributed by atoms with Crippen LogP contribution < -0.4 is 10.5 Å². The van der Waals surface area contributed by atoms with Crippen molar-refractivity contribution in [1.82, 2.24) is 9.78 Å². The van der Waals surface area contributed by atoms with Gasteiger partial charge in [0.05, 0.1) is 13.3 Å². The summed E-state index contributed by atoms with van der Waals surface area (Å²) in [6.07, 6.45) is 4.84. The molecule has 0 fully saturated rings. The van der Waals surface area contributed by atoms with Crippen LogP contribution in [0.3, 0.4) is 0 Å². The summed E-state index contributed by atoms with van der Waals surface area (Å²) < 4.78 is 7.31. The Balaban J connectivity index is 2.30. The Labute approximate surface area is 107 Å². The van der Waals surface area contributed by atoms with Crippen molar-refractivity contribution in [3.8, 4) is 16.9 Å². The molecule has 0 saturated carbocycles.